The first kappa shape index (κ1) is 24.4. The van der Waals surface area contributed by atoms with Crippen molar-refractivity contribution < 1.29 is 14.6 Å². The van der Waals surface area contributed by atoms with E-state index >= 15 is 0 Å². The third-order valence-electron chi connectivity index (χ3n) is 7.30. The van der Waals surface area contributed by atoms with Crippen molar-refractivity contribution in [2.24, 2.45) is 11.8 Å². The maximum atomic E-state index is 13.5. The number of methoxy groups -OCH3 is 1. The van der Waals surface area contributed by atoms with Gasteiger partial charge in [0, 0.05) is 42.8 Å². The Labute approximate surface area is 201 Å². The standard InChI is InChI=1S/C26H36N4O4/c1-5-29-23-19(20(16-31)24(29)25(32)27-13-8-14-28(2)3)15-30-21(23)12-11-18(26(30)33)17-9-6-7-10-22(17)34-4/h6-7,9-12,19-20,23-24,31H,5,8,13-16H2,1-4H3,(H,27,32)/t19-,20-,23+,24-/m0/s1. The van der Waals surface area contributed by atoms with Crippen LogP contribution in [0.1, 0.15) is 25.1 Å². The van der Waals surface area contributed by atoms with Crippen LogP contribution in [0.15, 0.2) is 41.2 Å². The number of likely N-dealkylation sites (N-methyl/N-ethyl adjacent to an activating group) is 1. The van der Waals surface area contributed by atoms with Gasteiger partial charge in [-0.15, -0.1) is 0 Å². The Kier molecular flexibility index (Phi) is 7.40. The highest BCUT2D eigenvalue weighted by Crippen LogP contribution is 2.49. The third kappa shape index (κ3) is 4.26. The molecule has 2 aliphatic heterocycles. The van der Waals surface area contributed by atoms with Crippen LogP contribution in [0.3, 0.4) is 0 Å². The second kappa shape index (κ2) is 10.3. The number of nitrogens with one attached hydrogen (secondary N) is 1. The van der Waals surface area contributed by atoms with Crippen LogP contribution in [0, 0.1) is 11.8 Å². The number of hydrogen-bond acceptors (Lipinski definition) is 6. The largest absolute Gasteiger partial charge is 0.496 e. The summed E-state index contributed by atoms with van der Waals surface area (Å²) < 4.78 is 7.30. The first-order chi connectivity index (χ1) is 16.4. The Morgan fingerprint density at radius 2 is 1.97 bits per heavy atom. The molecule has 1 amide bonds. The van der Waals surface area contributed by atoms with Gasteiger partial charge in [-0.25, -0.2) is 0 Å². The lowest BCUT2D eigenvalue weighted by molar-refractivity contribution is -0.127. The lowest BCUT2D eigenvalue weighted by Gasteiger charge is -2.29. The molecule has 2 N–H and O–H groups in total. The quantitative estimate of drug-likeness (QED) is 0.544. The number of aromatic nitrogens is 1. The number of ether oxygens (including phenoxy) is 1. The average Bonchev–Trinajstić information content (AvgIpc) is 3.36. The molecular formula is C26H36N4O4. The molecule has 1 aromatic heterocycles. The summed E-state index contributed by atoms with van der Waals surface area (Å²) in [5.41, 5.74) is 2.22. The summed E-state index contributed by atoms with van der Waals surface area (Å²) in [7, 11) is 5.63. The fourth-order valence-corrected chi connectivity index (χ4v) is 5.76. The van der Waals surface area contributed by atoms with Crippen LogP contribution in [0.5, 0.6) is 5.75 Å². The number of likely N-dealkylation sites (tertiary alicyclic amines) is 1. The lowest BCUT2D eigenvalue weighted by Crippen LogP contribution is -2.48. The third-order valence-corrected chi connectivity index (χ3v) is 7.30. The highest BCUT2D eigenvalue weighted by Gasteiger charge is 2.54. The monoisotopic (exact) mass is 468 g/mol. The molecule has 4 atom stereocenters. The van der Waals surface area contributed by atoms with Gasteiger partial charge in [-0.05, 0) is 51.8 Å². The van der Waals surface area contributed by atoms with Crippen LogP contribution in [0.4, 0.5) is 0 Å². The number of pyridine rings is 1. The molecule has 0 unspecified atom stereocenters. The van der Waals surface area contributed by atoms with Gasteiger partial charge in [-0.2, -0.15) is 0 Å². The van der Waals surface area contributed by atoms with E-state index in [1.165, 1.54) is 0 Å². The van der Waals surface area contributed by atoms with Crippen molar-refractivity contribution in [3.63, 3.8) is 0 Å². The van der Waals surface area contributed by atoms with Gasteiger partial charge in [-0.1, -0.05) is 25.1 Å². The van der Waals surface area contributed by atoms with Gasteiger partial charge in [0.05, 0.1) is 24.8 Å². The lowest BCUT2D eigenvalue weighted by atomic mass is 9.88. The molecule has 184 valence electrons. The van der Waals surface area contributed by atoms with Crippen LogP contribution in [0.2, 0.25) is 0 Å². The summed E-state index contributed by atoms with van der Waals surface area (Å²) in [5, 5.41) is 13.4. The zero-order valence-electron chi connectivity index (χ0n) is 20.5. The SMILES string of the molecule is CCN1[C@H](C(=O)NCCCN(C)C)[C@@H](CO)[C@@H]2Cn3c(ccc(-c4ccccc4OC)c3=O)[C@@H]21. The van der Waals surface area contributed by atoms with Crippen LogP contribution in [-0.4, -0.2) is 78.9 Å². The highest BCUT2D eigenvalue weighted by atomic mass is 16.5. The number of rotatable bonds is 9. The molecule has 8 heteroatoms. The Morgan fingerprint density at radius 1 is 1.21 bits per heavy atom. The predicted molar refractivity (Wildman–Crippen MR) is 132 cm³/mol. The first-order valence-electron chi connectivity index (χ1n) is 12.1. The number of para-hydroxylation sites is 1. The van der Waals surface area contributed by atoms with Crippen LogP contribution < -0.4 is 15.6 Å². The first-order valence-corrected chi connectivity index (χ1v) is 12.1. The summed E-state index contributed by atoms with van der Waals surface area (Å²) >= 11 is 0. The van der Waals surface area contributed by atoms with E-state index in [-0.39, 0.29) is 36.0 Å². The fraction of sp³-hybridized carbons (Fsp3) is 0.538. The molecular weight excluding hydrogens is 432 g/mol. The normalized spacial score (nSPS) is 23.7. The summed E-state index contributed by atoms with van der Waals surface area (Å²) in [6.07, 6.45) is 0.873. The molecule has 34 heavy (non-hydrogen) atoms. The molecule has 1 aromatic carbocycles. The van der Waals surface area contributed by atoms with E-state index < -0.39 is 6.04 Å². The summed E-state index contributed by atoms with van der Waals surface area (Å²) in [5.74, 6) is 0.400. The van der Waals surface area contributed by atoms with Crippen molar-refractivity contribution in [2.45, 2.75) is 32.0 Å². The number of benzene rings is 1. The van der Waals surface area contributed by atoms with Crippen LogP contribution in [0.25, 0.3) is 11.1 Å². The van der Waals surface area contributed by atoms with Crippen molar-refractivity contribution in [1.29, 1.82) is 0 Å². The number of amides is 1. The molecule has 0 saturated carbocycles. The van der Waals surface area contributed by atoms with Gasteiger partial charge in [0.25, 0.3) is 5.56 Å². The molecule has 8 nitrogen and oxygen atoms in total. The van der Waals surface area contributed by atoms with Crippen LogP contribution in [-0.2, 0) is 11.3 Å². The zero-order valence-corrected chi connectivity index (χ0v) is 20.5. The number of aliphatic hydroxyl groups excluding tert-OH is 1. The molecule has 0 bridgehead atoms. The number of fused-ring (bicyclic) bond motifs is 3. The fourth-order valence-electron chi connectivity index (χ4n) is 5.76. The minimum atomic E-state index is -0.401. The van der Waals surface area contributed by atoms with Gasteiger partial charge >= 0.3 is 0 Å². The van der Waals surface area contributed by atoms with E-state index in [2.05, 4.69) is 15.1 Å². The number of aliphatic hydroxyl groups is 1. The summed E-state index contributed by atoms with van der Waals surface area (Å²) in [6, 6.07) is 10.9. The Balaban J connectivity index is 1.63. The van der Waals surface area contributed by atoms with Gasteiger partial charge in [0.15, 0.2) is 0 Å². The summed E-state index contributed by atoms with van der Waals surface area (Å²) in [4.78, 5) is 31.0. The van der Waals surface area contributed by atoms with Crippen molar-refractivity contribution in [3.8, 4) is 16.9 Å². The van der Waals surface area contributed by atoms with Gasteiger partial charge in [0.1, 0.15) is 5.75 Å². The Bertz CT molecular complexity index is 1080. The van der Waals surface area contributed by atoms with E-state index in [4.69, 9.17) is 4.74 Å². The molecule has 4 rings (SSSR count). The number of nitrogens with zero attached hydrogens (tertiary/aromatic N) is 3. The molecule has 0 radical (unpaired) electrons. The second-order valence-electron chi connectivity index (χ2n) is 9.47. The smallest absolute Gasteiger partial charge is 0.258 e. The predicted octanol–water partition coefficient (Wildman–Crippen LogP) is 1.58. The maximum absolute atomic E-state index is 13.5. The maximum Gasteiger partial charge on any atom is 0.258 e. The zero-order chi connectivity index (χ0) is 24.4. The van der Waals surface area contributed by atoms with E-state index in [0.29, 0.717) is 30.9 Å². The van der Waals surface area contributed by atoms with Gasteiger partial charge in [0.2, 0.25) is 5.91 Å². The van der Waals surface area contributed by atoms with Crippen molar-refractivity contribution in [1.82, 2.24) is 19.7 Å². The molecule has 1 fully saturated rings. The van der Waals surface area contributed by atoms with Crippen molar-refractivity contribution in [3.05, 3.63) is 52.4 Å². The average molecular weight is 469 g/mol. The highest BCUT2D eigenvalue weighted by molar-refractivity contribution is 5.82. The Hall–Kier alpha value is -2.68. The summed E-state index contributed by atoms with van der Waals surface area (Å²) in [6.45, 7) is 4.62. The van der Waals surface area contributed by atoms with E-state index in [0.717, 1.165) is 24.2 Å². The van der Waals surface area contributed by atoms with Crippen molar-refractivity contribution in [2.75, 3.05) is 47.4 Å². The minimum absolute atomic E-state index is 0.00286. The molecule has 0 spiro atoms. The second-order valence-corrected chi connectivity index (χ2v) is 9.47. The number of hydrogen-bond donors (Lipinski definition) is 2. The van der Waals surface area contributed by atoms with E-state index in [9.17, 15) is 14.7 Å². The van der Waals surface area contributed by atoms with Crippen LogP contribution >= 0.6 is 0 Å². The van der Waals surface area contributed by atoms with Gasteiger partial charge in [-0.3, -0.25) is 14.5 Å². The van der Waals surface area contributed by atoms with Gasteiger partial charge < -0.3 is 24.6 Å². The minimum Gasteiger partial charge on any atom is -0.496 e. The topological polar surface area (TPSA) is 87.0 Å². The number of carbonyl (C=O) groups excluding carboxylic acids is 1. The van der Waals surface area contributed by atoms with E-state index in [1.54, 1.807) is 7.11 Å². The molecule has 3 heterocycles. The Morgan fingerprint density at radius 3 is 2.65 bits per heavy atom. The molecule has 2 aromatic rings. The molecule has 2 aliphatic rings. The molecule has 1 saturated heterocycles. The number of carbonyl (C=O) groups is 1. The van der Waals surface area contributed by atoms with Crippen molar-refractivity contribution >= 4 is 5.91 Å². The molecule has 0 aliphatic carbocycles. The van der Waals surface area contributed by atoms with E-state index in [1.807, 2.05) is 62.0 Å².